The van der Waals surface area contributed by atoms with E-state index in [1.165, 1.54) is 0 Å². The number of anilines is 1. The van der Waals surface area contributed by atoms with E-state index in [-0.39, 0.29) is 5.91 Å². The van der Waals surface area contributed by atoms with Crippen molar-refractivity contribution < 1.29 is 4.79 Å². The summed E-state index contributed by atoms with van der Waals surface area (Å²) in [5.41, 5.74) is 5.16. The molecule has 0 saturated heterocycles. The minimum Gasteiger partial charge on any atom is -0.378 e. The van der Waals surface area contributed by atoms with E-state index < -0.39 is 0 Å². The highest BCUT2D eigenvalue weighted by Crippen LogP contribution is 2.21. The molecule has 0 aliphatic heterocycles. The number of carbonyl (C=O) groups is 1. The Kier molecular flexibility index (Phi) is 4.44. The second kappa shape index (κ2) is 6.55. The summed E-state index contributed by atoms with van der Waals surface area (Å²) in [6, 6.07) is 9.96. The third-order valence-electron chi connectivity index (χ3n) is 4.25. The molecule has 3 rings (SSSR count). The fourth-order valence-electron chi connectivity index (χ4n) is 2.94. The molecule has 0 unspecified atom stereocenters. The fraction of sp³-hybridized carbons (Fsp3) is 0.316. The SMILES string of the molecule is Cc1cc(C(=O)NCc2ccc(N(C)C)cc2)c2c(C)nn(C)c2n1. The number of nitrogens with one attached hydrogen (secondary N) is 1. The Labute approximate surface area is 147 Å². The first-order valence-electron chi connectivity index (χ1n) is 8.22. The molecule has 2 aromatic heterocycles. The molecule has 0 radical (unpaired) electrons. The van der Waals surface area contributed by atoms with Crippen LogP contribution in [0.3, 0.4) is 0 Å². The van der Waals surface area contributed by atoms with Crippen LogP contribution in [-0.4, -0.2) is 34.8 Å². The molecule has 1 amide bonds. The molecule has 6 nitrogen and oxygen atoms in total. The zero-order valence-electron chi connectivity index (χ0n) is 15.3. The Morgan fingerprint density at radius 3 is 2.52 bits per heavy atom. The second-order valence-corrected chi connectivity index (χ2v) is 6.46. The number of hydrogen-bond acceptors (Lipinski definition) is 4. The third-order valence-corrected chi connectivity index (χ3v) is 4.25. The zero-order chi connectivity index (χ0) is 18.1. The van der Waals surface area contributed by atoms with Crippen molar-refractivity contribution >= 4 is 22.6 Å². The monoisotopic (exact) mass is 337 g/mol. The summed E-state index contributed by atoms with van der Waals surface area (Å²) in [5.74, 6) is -0.108. The normalized spacial score (nSPS) is 10.9. The van der Waals surface area contributed by atoms with Gasteiger partial charge in [-0.05, 0) is 37.6 Å². The van der Waals surface area contributed by atoms with Gasteiger partial charge in [0.1, 0.15) is 0 Å². The standard InChI is InChI=1S/C19H23N5O/c1-12-10-16(17-13(2)22-24(5)18(17)21-12)19(25)20-11-14-6-8-15(9-7-14)23(3)4/h6-10H,11H2,1-5H3,(H,20,25). The Morgan fingerprint density at radius 1 is 1.20 bits per heavy atom. The van der Waals surface area contributed by atoms with Gasteiger partial charge >= 0.3 is 0 Å². The average molecular weight is 337 g/mol. The van der Waals surface area contributed by atoms with E-state index in [0.717, 1.165) is 33.7 Å². The predicted octanol–water partition coefficient (Wildman–Crippen LogP) is 2.58. The first-order valence-corrected chi connectivity index (χ1v) is 8.22. The van der Waals surface area contributed by atoms with Crippen LogP contribution in [0.5, 0.6) is 0 Å². The molecule has 0 atom stereocenters. The molecule has 0 saturated carbocycles. The van der Waals surface area contributed by atoms with Gasteiger partial charge in [0.2, 0.25) is 0 Å². The summed E-state index contributed by atoms with van der Waals surface area (Å²) in [6.45, 7) is 4.27. The van der Waals surface area contributed by atoms with Crippen LogP contribution < -0.4 is 10.2 Å². The molecule has 0 bridgehead atoms. The largest absolute Gasteiger partial charge is 0.378 e. The van der Waals surface area contributed by atoms with Gasteiger partial charge in [-0.25, -0.2) is 4.98 Å². The first-order chi connectivity index (χ1) is 11.9. The number of aromatic nitrogens is 3. The van der Waals surface area contributed by atoms with Crippen molar-refractivity contribution in [1.82, 2.24) is 20.1 Å². The lowest BCUT2D eigenvalue weighted by Gasteiger charge is -2.13. The molecule has 25 heavy (non-hydrogen) atoms. The van der Waals surface area contributed by atoms with E-state index in [0.29, 0.717) is 12.1 Å². The molecular formula is C19H23N5O. The molecular weight excluding hydrogens is 314 g/mol. The highest BCUT2D eigenvalue weighted by molar-refractivity contribution is 6.06. The molecule has 2 heterocycles. The van der Waals surface area contributed by atoms with Crippen molar-refractivity contribution in [3.05, 3.63) is 52.8 Å². The van der Waals surface area contributed by atoms with Gasteiger partial charge < -0.3 is 10.2 Å². The number of pyridine rings is 1. The first kappa shape index (κ1) is 17.0. The molecule has 0 fully saturated rings. The van der Waals surface area contributed by atoms with Crippen LogP contribution in [0.15, 0.2) is 30.3 Å². The van der Waals surface area contributed by atoms with Crippen LogP contribution in [0, 0.1) is 13.8 Å². The lowest BCUT2D eigenvalue weighted by Crippen LogP contribution is -2.23. The number of fused-ring (bicyclic) bond motifs is 1. The van der Waals surface area contributed by atoms with Gasteiger partial charge in [0.15, 0.2) is 5.65 Å². The Morgan fingerprint density at radius 2 is 1.88 bits per heavy atom. The van der Waals surface area contributed by atoms with Crippen molar-refractivity contribution in [1.29, 1.82) is 0 Å². The van der Waals surface area contributed by atoms with Crippen LogP contribution in [0.4, 0.5) is 5.69 Å². The van der Waals surface area contributed by atoms with Crippen molar-refractivity contribution in [2.75, 3.05) is 19.0 Å². The molecule has 0 aliphatic carbocycles. The molecule has 0 spiro atoms. The van der Waals surface area contributed by atoms with Crippen LogP contribution in [0.1, 0.15) is 27.3 Å². The van der Waals surface area contributed by atoms with E-state index in [4.69, 9.17) is 0 Å². The van der Waals surface area contributed by atoms with Crippen molar-refractivity contribution in [3.8, 4) is 0 Å². The second-order valence-electron chi connectivity index (χ2n) is 6.46. The summed E-state index contributed by atoms with van der Waals surface area (Å²) in [7, 11) is 5.85. The Balaban J connectivity index is 1.83. The number of rotatable bonds is 4. The Hall–Kier alpha value is -2.89. The summed E-state index contributed by atoms with van der Waals surface area (Å²) in [4.78, 5) is 19.3. The molecule has 1 aromatic carbocycles. The van der Waals surface area contributed by atoms with Gasteiger partial charge in [-0.15, -0.1) is 0 Å². The lowest BCUT2D eigenvalue weighted by atomic mass is 10.1. The van der Waals surface area contributed by atoms with Gasteiger partial charge in [-0.3, -0.25) is 9.48 Å². The summed E-state index contributed by atoms with van der Waals surface area (Å²) in [5, 5.41) is 8.20. The smallest absolute Gasteiger partial charge is 0.252 e. The fourth-order valence-corrected chi connectivity index (χ4v) is 2.94. The number of nitrogens with zero attached hydrogens (tertiary/aromatic N) is 4. The van der Waals surface area contributed by atoms with Crippen molar-refractivity contribution in [2.45, 2.75) is 20.4 Å². The van der Waals surface area contributed by atoms with E-state index in [1.807, 2.05) is 70.2 Å². The average Bonchev–Trinajstić information content (AvgIpc) is 2.86. The number of hydrogen-bond donors (Lipinski definition) is 1. The maximum atomic E-state index is 12.7. The maximum Gasteiger partial charge on any atom is 0.252 e. The highest BCUT2D eigenvalue weighted by Gasteiger charge is 2.17. The number of amides is 1. The third kappa shape index (κ3) is 3.33. The predicted molar refractivity (Wildman–Crippen MR) is 99.9 cm³/mol. The molecule has 1 N–H and O–H groups in total. The van der Waals surface area contributed by atoms with Crippen LogP contribution in [0.25, 0.3) is 11.0 Å². The summed E-state index contributed by atoms with van der Waals surface area (Å²) < 4.78 is 1.72. The minimum absolute atomic E-state index is 0.108. The summed E-state index contributed by atoms with van der Waals surface area (Å²) >= 11 is 0. The van der Waals surface area contributed by atoms with Gasteiger partial charge in [0.25, 0.3) is 5.91 Å². The van der Waals surface area contributed by atoms with E-state index in [2.05, 4.69) is 15.4 Å². The number of benzene rings is 1. The zero-order valence-corrected chi connectivity index (χ0v) is 15.3. The van der Waals surface area contributed by atoms with Gasteiger partial charge in [-0.2, -0.15) is 5.10 Å². The van der Waals surface area contributed by atoms with Gasteiger partial charge in [-0.1, -0.05) is 12.1 Å². The van der Waals surface area contributed by atoms with Gasteiger partial charge in [0.05, 0.1) is 16.6 Å². The summed E-state index contributed by atoms with van der Waals surface area (Å²) in [6.07, 6.45) is 0. The van der Waals surface area contributed by atoms with E-state index in [9.17, 15) is 4.79 Å². The molecule has 0 aliphatic rings. The van der Waals surface area contributed by atoms with Crippen molar-refractivity contribution in [2.24, 2.45) is 7.05 Å². The number of aryl methyl sites for hydroxylation is 3. The van der Waals surface area contributed by atoms with Crippen LogP contribution >= 0.6 is 0 Å². The topological polar surface area (TPSA) is 63.1 Å². The highest BCUT2D eigenvalue weighted by atomic mass is 16.1. The van der Waals surface area contributed by atoms with Crippen molar-refractivity contribution in [3.63, 3.8) is 0 Å². The van der Waals surface area contributed by atoms with Gasteiger partial charge in [0, 0.05) is 39.1 Å². The minimum atomic E-state index is -0.108. The molecule has 3 aromatic rings. The van der Waals surface area contributed by atoms with E-state index >= 15 is 0 Å². The lowest BCUT2D eigenvalue weighted by molar-refractivity contribution is 0.0952. The molecule has 130 valence electrons. The Bertz CT molecular complexity index is 925. The van der Waals surface area contributed by atoms with Crippen LogP contribution in [-0.2, 0) is 13.6 Å². The quantitative estimate of drug-likeness (QED) is 0.795. The molecule has 6 heteroatoms. The number of carbonyl (C=O) groups excluding carboxylic acids is 1. The maximum absolute atomic E-state index is 12.7. The van der Waals surface area contributed by atoms with E-state index in [1.54, 1.807) is 4.68 Å². The van der Waals surface area contributed by atoms with Crippen LogP contribution in [0.2, 0.25) is 0 Å².